The first-order chi connectivity index (χ1) is 9.72. The lowest BCUT2D eigenvalue weighted by Crippen LogP contribution is -2.13. The van der Waals surface area contributed by atoms with E-state index in [0.29, 0.717) is 16.9 Å². The van der Waals surface area contributed by atoms with Crippen molar-refractivity contribution in [3.05, 3.63) is 59.7 Å². The number of anilines is 1. The molecule has 0 aromatic heterocycles. The Hall–Kier alpha value is -2.80. The smallest absolute Gasteiger partial charge is 0.181 e. The number of benzene rings is 2. The van der Waals surface area contributed by atoms with Crippen molar-refractivity contribution in [1.82, 2.24) is 0 Å². The fourth-order valence-corrected chi connectivity index (χ4v) is 1.74. The molecule has 4 heteroatoms. The maximum absolute atomic E-state index is 12.0. The number of ether oxygens (including phenoxy) is 1. The largest absolute Gasteiger partial charge is 0.497 e. The number of nitriles is 1. The third kappa shape index (κ3) is 3.36. The van der Waals surface area contributed by atoms with Crippen LogP contribution in [-0.4, -0.2) is 19.4 Å². The summed E-state index contributed by atoms with van der Waals surface area (Å²) in [4.78, 5) is 12.0. The van der Waals surface area contributed by atoms with Gasteiger partial charge in [-0.1, -0.05) is 12.1 Å². The van der Waals surface area contributed by atoms with Gasteiger partial charge in [-0.3, -0.25) is 4.79 Å². The maximum Gasteiger partial charge on any atom is 0.181 e. The zero-order chi connectivity index (χ0) is 14.4. The average Bonchev–Trinajstić information content (AvgIpc) is 2.53. The number of hydrogen-bond donors (Lipinski definition) is 1. The SMILES string of the molecule is COc1cccc(C(=O)CNc2ccc(C#N)cc2)c1. The molecule has 0 fully saturated rings. The first kappa shape index (κ1) is 13.6. The molecule has 0 aliphatic carbocycles. The second-order valence-electron chi connectivity index (χ2n) is 4.20. The van der Waals surface area contributed by atoms with Gasteiger partial charge in [0.05, 0.1) is 25.3 Å². The van der Waals surface area contributed by atoms with Gasteiger partial charge in [0.2, 0.25) is 0 Å². The lowest BCUT2D eigenvalue weighted by Gasteiger charge is -2.07. The molecule has 0 bridgehead atoms. The van der Waals surface area contributed by atoms with Crippen LogP contribution in [0.5, 0.6) is 5.75 Å². The number of rotatable bonds is 5. The van der Waals surface area contributed by atoms with E-state index >= 15 is 0 Å². The van der Waals surface area contributed by atoms with E-state index in [4.69, 9.17) is 10.00 Å². The van der Waals surface area contributed by atoms with Crippen molar-refractivity contribution in [3.63, 3.8) is 0 Å². The summed E-state index contributed by atoms with van der Waals surface area (Å²) in [6.45, 7) is 0.194. The molecular formula is C16H14N2O2. The molecular weight excluding hydrogens is 252 g/mol. The van der Waals surface area contributed by atoms with Crippen LogP contribution in [0.15, 0.2) is 48.5 Å². The Bertz CT molecular complexity index is 642. The van der Waals surface area contributed by atoms with Crippen molar-refractivity contribution in [2.45, 2.75) is 0 Å². The molecule has 0 aliphatic rings. The highest BCUT2D eigenvalue weighted by Crippen LogP contribution is 2.14. The summed E-state index contributed by atoms with van der Waals surface area (Å²) >= 11 is 0. The molecule has 2 rings (SSSR count). The molecule has 2 aromatic rings. The van der Waals surface area contributed by atoms with Crippen LogP contribution < -0.4 is 10.1 Å². The molecule has 0 radical (unpaired) electrons. The summed E-state index contributed by atoms with van der Waals surface area (Å²) in [6.07, 6.45) is 0. The number of ketones is 1. The zero-order valence-corrected chi connectivity index (χ0v) is 11.1. The molecule has 0 saturated heterocycles. The van der Waals surface area contributed by atoms with Crippen molar-refractivity contribution < 1.29 is 9.53 Å². The molecule has 2 aromatic carbocycles. The Balaban J connectivity index is 1.99. The number of nitrogens with zero attached hydrogens (tertiary/aromatic N) is 1. The molecule has 0 heterocycles. The van der Waals surface area contributed by atoms with Gasteiger partial charge in [-0.2, -0.15) is 5.26 Å². The Kier molecular flexibility index (Phi) is 4.35. The molecule has 1 N–H and O–H groups in total. The summed E-state index contributed by atoms with van der Waals surface area (Å²) in [5.41, 5.74) is 2.00. The fourth-order valence-electron chi connectivity index (χ4n) is 1.74. The molecule has 0 atom stereocenters. The van der Waals surface area contributed by atoms with Crippen LogP contribution in [0.2, 0.25) is 0 Å². The average molecular weight is 266 g/mol. The van der Waals surface area contributed by atoms with Crippen LogP contribution in [0, 0.1) is 11.3 Å². The summed E-state index contributed by atoms with van der Waals surface area (Å²) in [6, 6.07) is 16.1. The van der Waals surface area contributed by atoms with Gasteiger partial charge in [0.1, 0.15) is 5.75 Å². The first-order valence-corrected chi connectivity index (χ1v) is 6.14. The number of Topliss-reactive ketones (excluding diaryl/α,β-unsaturated/α-hetero) is 1. The van der Waals surface area contributed by atoms with E-state index in [1.807, 2.05) is 6.07 Å². The van der Waals surface area contributed by atoms with Crippen LogP contribution in [0.1, 0.15) is 15.9 Å². The quantitative estimate of drug-likeness (QED) is 0.845. The maximum atomic E-state index is 12.0. The highest BCUT2D eigenvalue weighted by atomic mass is 16.5. The van der Waals surface area contributed by atoms with Gasteiger partial charge in [-0.05, 0) is 36.4 Å². The van der Waals surface area contributed by atoms with Crippen molar-refractivity contribution in [3.8, 4) is 11.8 Å². The predicted octanol–water partition coefficient (Wildman–Crippen LogP) is 2.86. The Labute approximate surface area is 117 Å². The van der Waals surface area contributed by atoms with Crippen LogP contribution in [0.4, 0.5) is 5.69 Å². The topological polar surface area (TPSA) is 62.1 Å². The molecule has 0 unspecified atom stereocenters. The van der Waals surface area contributed by atoms with Gasteiger partial charge in [0.25, 0.3) is 0 Å². The second kappa shape index (κ2) is 6.39. The highest BCUT2D eigenvalue weighted by Gasteiger charge is 2.06. The van der Waals surface area contributed by atoms with E-state index in [0.717, 1.165) is 5.69 Å². The minimum atomic E-state index is -0.0201. The standard InChI is InChI=1S/C16H14N2O2/c1-20-15-4-2-3-13(9-15)16(19)11-18-14-7-5-12(10-17)6-8-14/h2-9,18H,11H2,1H3. The summed E-state index contributed by atoms with van der Waals surface area (Å²) < 4.78 is 5.09. The van der Waals surface area contributed by atoms with Gasteiger partial charge in [-0.15, -0.1) is 0 Å². The summed E-state index contributed by atoms with van der Waals surface area (Å²) in [7, 11) is 1.57. The normalized spacial score (nSPS) is 9.60. The van der Waals surface area contributed by atoms with Gasteiger partial charge < -0.3 is 10.1 Å². The highest BCUT2D eigenvalue weighted by molar-refractivity contribution is 5.99. The van der Waals surface area contributed by atoms with Crippen LogP contribution in [0.3, 0.4) is 0 Å². The van der Waals surface area contributed by atoms with Crippen LogP contribution in [-0.2, 0) is 0 Å². The molecule has 0 saturated carbocycles. The number of methoxy groups -OCH3 is 1. The first-order valence-electron chi connectivity index (χ1n) is 6.14. The number of nitrogens with one attached hydrogen (secondary N) is 1. The molecule has 0 amide bonds. The van der Waals surface area contributed by atoms with E-state index in [2.05, 4.69) is 5.32 Å². The molecule has 0 spiro atoms. The number of carbonyl (C=O) groups excluding carboxylic acids is 1. The Morgan fingerprint density at radius 1 is 1.25 bits per heavy atom. The number of hydrogen-bond acceptors (Lipinski definition) is 4. The molecule has 0 aliphatic heterocycles. The van der Waals surface area contributed by atoms with Gasteiger partial charge in [-0.25, -0.2) is 0 Å². The monoisotopic (exact) mass is 266 g/mol. The number of carbonyl (C=O) groups is 1. The van der Waals surface area contributed by atoms with E-state index < -0.39 is 0 Å². The second-order valence-corrected chi connectivity index (χ2v) is 4.20. The third-order valence-electron chi connectivity index (χ3n) is 2.86. The van der Waals surface area contributed by atoms with Crippen molar-refractivity contribution in [2.75, 3.05) is 19.0 Å². The predicted molar refractivity (Wildman–Crippen MR) is 77.0 cm³/mol. The minimum Gasteiger partial charge on any atom is -0.497 e. The Morgan fingerprint density at radius 2 is 2.00 bits per heavy atom. The van der Waals surface area contributed by atoms with Gasteiger partial charge in [0.15, 0.2) is 5.78 Å². The van der Waals surface area contributed by atoms with E-state index in [-0.39, 0.29) is 12.3 Å². The lowest BCUT2D eigenvalue weighted by atomic mass is 10.1. The van der Waals surface area contributed by atoms with Crippen molar-refractivity contribution in [2.24, 2.45) is 0 Å². The van der Waals surface area contributed by atoms with E-state index in [1.165, 1.54) is 0 Å². The zero-order valence-electron chi connectivity index (χ0n) is 11.1. The van der Waals surface area contributed by atoms with Gasteiger partial charge in [0, 0.05) is 11.3 Å². The van der Waals surface area contributed by atoms with Crippen molar-refractivity contribution >= 4 is 11.5 Å². The molecule has 20 heavy (non-hydrogen) atoms. The lowest BCUT2D eigenvalue weighted by molar-refractivity contribution is 0.101. The summed E-state index contributed by atoms with van der Waals surface area (Å²) in [5, 5.41) is 11.7. The summed E-state index contributed by atoms with van der Waals surface area (Å²) in [5.74, 6) is 0.641. The molecule has 4 nitrogen and oxygen atoms in total. The van der Waals surface area contributed by atoms with Gasteiger partial charge >= 0.3 is 0 Å². The molecule has 100 valence electrons. The Morgan fingerprint density at radius 3 is 2.65 bits per heavy atom. The fraction of sp³-hybridized carbons (Fsp3) is 0.125. The van der Waals surface area contributed by atoms with E-state index in [1.54, 1.807) is 55.6 Å². The van der Waals surface area contributed by atoms with Crippen LogP contribution >= 0.6 is 0 Å². The van der Waals surface area contributed by atoms with E-state index in [9.17, 15) is 4.79 Å². The third-order valence-corrected chi connectivity index (χ3v) is 2.86. The van der Waals surface area contributed by atoms with Crippen molar-refractivity contribution in [1.29, 1.82) is 5.26 Å². The minimum absolute atomic E-state index is 0.0201. The van der Waals surface area contributed by atoms with Crippen LogP contribution in [0.25, 0.3) is 0 Å².